The first-order chi connectivity index (χ1) is 8.79. The fraction of sp³-hybridized carbons (Fsp3) is 0.769. The van der Waals surface area contributed by atoms with Crippen LogP contribution in [0.2, 0.25) is 0 Å². The second-order valence-corrected chi connectivity index (χ2v) is 4.87. The van der Waals surface area contributed by atoms with Crippen molar-refractivity contribution < 1.29 is 9.53 Å². The number of piperazine rings is 1. The van der Waals surface area contributed by atoms with Gasteiger partial charge in [-0.3, -0.25) is 9.69 Å². The van der Waals surface area contributed by atoms with Crippen molar-refractivity contribution in [3.05, 3.63) is 12.7 Å². The molecule has 0 saturated carbocycles. The maximum absolute atomic E-state index is 12.1. The number of nitrogens with zero attached hydrogens (tertiary/aromatic N) is 2. The van der Waals surface area contributed by atoms with Crippen LogP contribution in [0.5, 0.6) is 0 Å². The van der Waals surface area contributed by atoms with Crippen LogP contribution in [0.15, 0.2) is 12.7 Å². The lowest BCUT2D eigenvalue weighted by atomic mass is 10.2. The molecular weight excluding hydrogens is 230 g/mol. The molecule has 102 valence electrons. The van der Waals surface area contributed by atoms with Crippen molar-refractivity contribution >= 4 is 5.91 Å². The minimum Gasteiger partial charge on any atom is -0.375 e. The molecule has 0 radical (unpaired) electrons. The third-order valence-corrected chi connectivity index (χ3v) is 3.52. The molecule has 2 rings (SSSR count). The highest BCUT2D eigenvalue weighted by Crippen LogP contribution is 2.08. The van der Waals surface area contributed by atoms with Crippen LogP contribution in [0.4, 0.5) is 0 Å². The average Bonchev–Trinajstić information content (AvgIpc) is 2.41. The zero-order valence-corrected chi connectivity index (χ0v) is 10.9. The summed E-state index contributed by atoms with van der Waals surface area (Å²) in [6.45, 7) is 10.6. The van der Waals surface area contributed by atoms with E-state index in [1.807, 2.05) is 11.0 Å². The van der Waals surface area contributed by atoms with Gasteiger partial charge >= 0.3 is 0 Å². The highest BCUT2D eigenvalue weighted by atomic mass is 16.5. The Balaban J connectivity index is 1.71. The van der Waals surface area contributed by atoms with Crippen molar-refractivity contribution in [2.75, 3.05) is 52.4 Å². The molecule has 0 aliphatic carbocycles. The summed E-state index contributed by atoms with van der Waals surface area (Å²) in [5, 5.41) is 3.25. The van der Waals surface area contributed by atoms with E-state index in [0.29, 0.717) is 13.0 Å². The number of hydrogen-bond acceptors (Lipinski definition) is 4. The van der Waals surface area contributed by atoms with E-state index in [-0.39, 0.29) is 12.0 Å². The summed E-state index contributed by atoms with van der Waals surface area (Å²) in [6, 6.07) is 0. The minimum absolute atomic E-state index is 0.0532. The van der Waals surface area contributed by atoms with Gasteiger partial charge in [0.1, 0.15) is 0 Å². The molecule has 2 fully saturated rings. The molecule has 1 N–H and O–H groups in total. The maximum atomic E-state index is 12.1. The van der Waals surface area contributed by atoms with Gasteiger partial charge in [0.2, 0.25) is 5.91 Å². The first-order valence-corrected chi connectivity index (χ1v) is 6.73. The van der Waals surface area contributed by atoms with E-state index in [2.05, 4.69) is 16.8 Å². The Kier molecular flexibility index (Phi) is 5.16. The third kappa shape index (κ3) is 3.80. The van der Waals surface area contributed by atoms with Crippen LogP contribution in [0, 0.1) is 0 Å². The molecule has 1 atom stereocenters. The average molecular weight is 253 g/mol. The Labute approximate surface area is 109 Å². The molecule has 0 spiro atoms. The lowest BCUT2D eigenvalue weighted by Gasteiger charge is -2.35. The highest BCUT2D eigenvalue weighted by Gasteiger charge is 2.24. The van der Waals surface area contributed by atoms with Crippen LogP contribution in [-0.2, 0) is 9.53 Å². The zero-order chi connectivity index (χ0) is 12.8. The molecule has 5 heteroatoms. The predicted octanol–water partition coefficient (Wildman–Crippen LogP) is -0.305. The van der Waals surface area contributed by atoms with Gasteiger partial charge in [0.25, 0.3) is 0 Å². The molecule has 0 aromatic rings. The van der Waals surface area contributed by atoms with Crippen LogP contribution in [0.25, 0.3) is 0 Å². The van der Waals surface area contributed by atoms with Crippen molar-refractivity contribution in [1.82, 2.24) is 15.1 Å². The zero-order valence-electron chi connectivity index (χ0n) is 10.9. The van der Waals surface area contributed by atoms with Crippen LogP contribution < -0.4 is 5.32 Å². The molecule has 2 aliphatic heterocycles. The van der Waals surface area contributed by atoms with Gasteiger partial charge in [-0.1, -0.05) is 6.08 Å². The Morgan fingerprint density at radius 1 is 1.39 bits per heavy atom. The van der Waals surface area contributed by atoms with Crippen molar-refractivity contribution in [2.24, 2.45) is 0 Å². The standard InChI is InChI=1S/C13H23N3O2/c1-2-4-15-5-7-16(8-6-15)13(17)10-12-11-14-3-9-18-12/h2,12,14H,1,3-11H2. The van der Waals surface area contributed by atoms with Crippen molar-refractivity contribution in [3.8, 4) is 0 Å². The van der Waals surface area contributed by atoms with Gasteiger partial charge in [-0.05, 0) is 0 Å². The van der Waals surface area contributed by atoms with Gasteiger partial charge in [0, 0.05) is 45.8 Å². The molecule has 0 bridgehead atoms. The van der Waals surface area contributed by atoms with E-state index in [9.17, 15) is 4.79 Å². The first kappa shape index (κ1) is 13.5. The van der Waals surface area contributed by atoms with Crippen LogP contribution >= 0.6 is 0 Å². The van der Waals surface area contributed by atoms with E-state index >= 15 is 0 Å². The van der Waals surface area contributed by atoms with Gasteiger partial charge in [-0.25, -0.2) is 0 Å². The molecule has 18 heavy (non-hydrogen) atoms. The van der Waals surface area contributed by atoms with Crippen LogP contribution in [0.1, 0.15) is 6.42 Å². The Morgan fingerprint density at radius 2 is 2.17 bits per heavy atom. The highest BCUT2D eigenvalue weighted by molar-refractivity contribution is 5.76. The van der Waals surface area contributed by atoms with Crippen molar-refractivity contribution in [3.63, 3.8) is 0 Å². The third-order valence-electron chi connectivity index (χ3n) is 3.52. The fourth-order valence-electron chi connectivity index (χ4n) is 2.44. The quantitative estimate of drug-likeness (QED) is 0.699. The number of hydrogen-bond donors (Lipinski definition) is 1. The summed E-state index contributed by atoms with van der Waals surface area (Å²) in [5.41, 5.74) is 0. The Morgan fingerprint density at radius 3 is 2.78 bits per heavy atom. The minimum atomic E-state index is 0.0532. The number of carbonyl (C=O) groups excluding carboxylic acids is 1. The summed E-state index contributed by atoms with van der Waals surface area (Å²) in [6.07, 6.45) is 2.48. The van der Waals surface area contributed by atoms with Crippen LogP contribution in [0.3, 0.4) is 0 Å². The normalized spacial score (nSPS) is 26.0. The number of amides is 1. The topological polar surface area (TPSA) is 44.8 Å². The Hall–Kier alpha value is -0.910. The number of ether oxygens (including phenoxy) is 1. The van der Waals surface area contributed by atoms with E-state index in [0.717, 1.165) is 45.8 Å². The smallest absolute Gasteiger partial charge is 0.225 e. The molecule has 2 aliphatic rings. The number of morpholine rings is 1. The van der Waals surface area contributed by atoms with Gasteiger partial charge in [-0.2, -0.15) is 0 Å². The molecule has 0 aromatic heterocycles. The van der Waals surface area contributed by atoms with E-state index in [4.69, 9.17) is 4.74 Å². The second kappa shape index (κ2) is 6.87. The number of nitrogens with one attached hydrogen (secondary N) is 1. The molecule has 1 unspecified atom stereocenters. The molecule has 2 heterocycles. The molecule has 0 aromatic carbocycles. The van der Waals surface area contributed by atoms with Crippen molar-refractivity contribution in [1.29, 1.82) is 0 Å². The van der Waals surface area contributed by atoms with E-state index < -0.39 is 0 Å². The SMILES string of the molecule is C=CCN1CCN(C(=O)CC2CNCCO2)CC1. The van der Waals surface area contributed by atoms with Crippen LogP contribution in [-0.4, -0.2) is 74.2 Å². The number of rotatable bonds is 4. The van der Waals surface area contributed by atoms with Crippen molar-refractivity contribution in [2.45, 2.75) is 12.5 Å². The van der Waals surface area contributed by atoms with Gasteiger partial charge in [-0.15, -0.1) is 6.58 Å². The molecular formula is C13H23N3O2. The number of carbonyl (C=O) groups is 1. The van der Waals surface area contributed by atoms with E-state index in [1.54, 1.807) is 0 Å². The summed E-state index contributed by atoms with van der Waals surface area (Å²) in [5.74, 6) is 0.224. The summed E-state index contributed by atoms with van der Waals surface area (Å²) < 4.78 is 5.57. The van der Waals surface area contributed by atoms with Gasteiger partial charge in [0.15, 0.2) is 0 Å². The molecule has 5 nitrogen and oxygen atoms in total. The van der Waals surface area contributed by atoms with Gasteiger partial charge < -0.3 is 15.0 Å². The fourth-order valence-corrected chi connectivity index (χ4v) is 2.44. The maximum Gasteiger partial charge on any atom is 0.225 e. The molecule has 1 amide bonds. The summed E-state index contributed by atoms with van der Waals surface area (Å²) in [4.78, 5) is 16.4. The lowest BCUT2D eigenvalue weighted by Crippen LogP contribution is -2.50. The molecule has 2 saturated heterocycles. The van der Waals surface area contributed by atoms with E-state index in [1.165, 1.54) is 0 Å². The second-order valence-electron chi connectivity index (χ2n) is 4.87. The summed E-state index contributed by atoms with van der Waals surface area (Å²) in [7, 11) is 0. The lowest BCUT2D eigenvalue weighted by molar-refractivity contribution is -0.136. The van der Waals surface area contributed by atoms with Gasteiger partial charge in [0.05, 0.1) is 19.1 Å². The Bertz CT molecular complexity index is 282. The predicted molar refractivity (Wildman–Crippen MR) is 70.4 cm³/mol. The first-order valence-electron chi connectivity index (χ1n) is 6.73. The largest absolute Gasteiger partial charge is 0.375 e. The summed E-state index contributed by atoms with van der Waals surface area (Å²) >= 11 is 0. The monoisotopic (exact) mass is 253 g/mol.